The van der Waals surface area contributed by atoms with E-state index < -0.39 is 5.56 Å². The van der Waals surface area contributed by atoms with Crippen LogP contribution < -0.4 is 11.3 Å². The average molecular weight is 287 g/mol. The number of benzene rings is 1. The first kappa shape index (κ1) is 13.3. The summed E-state index contributed by atoms with van der Waals surface area (Å²) in [6, 6.07) is 11.0. The SMILES string of the molecule is N#Cc1c(N)[nH]c(=O)c(C#N)c1-c1ccc2ccncc2c1. The fraction of sp³-hybridized carbons (Fsp3) is 0. The number of nitrogen functional groups attached to an aromatic ring is 1. The Morgan fingerprint density at radius 1 is 1.09 bits per heavy atom. The molecule has 3 N–H and O–H groups in total. The fourth-order valence-corrected chi connectivity index (χ4v) is 2.37. The highest BCUT2D eigenvalue weighted by Gasteiger charge is 2.18. The summed E-state index contributed by atoms with van der Waals surface area (Å²) in [5.41, 5.74) is 5.87. The first-order chi connectivity index (χ1) is 10.7. The number of hydrogen-bond acceptors (Lipinski definition) is 5. The zero-order valence-corrected chi connectivity index (χ0v) is 11.3. The standard InChI is InChI=1S/C16H9N5O/c17-6-12-14(13(7-18)16(22)21-15(12)19)10-2-1-9-3-4-20-8-11(9)5-10/h1-5,8H,(H3,19,21,22). The molecule has 0 aliphatic heterocycles. The van der Waals surface area contributed by atoms with Crippen molar-refractivity contribution < 1.29 is 0 Å². The second kappa shape index (κ2) is 5.04. The van der Waals surface area contributed by atoms with Crippen LogP contribution in [0.25, 0.3) is 21.9 Å². The largest absolute Gasteiger partial charge is 0.384 e. The lowest BCUT2D eigenvalue weighted by molar-refractivity contribution is 1.21. The summed E-state index contributed by atoms with van der Waals surface area (Å²) in [7, 11) is 0. The van der Waals surface area contributed by atoms with E-state index in [4.69, 9.17) is 5.73 Å². The van der Waals surface area contributed by atoms with E-state index in [1.54, 1.807) is 24.5 Å². The molecule has 0 spiro atoms. The number of aromatic nitrogens is 2. The van der Waals surface area contributed by atoms with Crippen LogP contribution in [0.5, 0.6) is 0 Å². The quantitative estimate of drug-likeness (QED) is 0.708. The molecule has 0 fully saturated rings. The van der Waals surface area contributed by atoms with Crippen LogP contribution in [-0.2, 0) is 0 Å². The van der Waals surface area contributed by atoms with Crippen molar-refractivity contribution in [2.24, 2.45) is 0 Å². The number of nitrogens with one attached hydrogen (secondary N) is 1. The van der Waals surface area contributed by atoms with Gasteiger partial charge in [-0.3, -0.25) is 9.78 Å². The van der Waals surface area contributed by atoms with Gasteiger partial charge in [0.15, 0.2) is 0 Å². The van der Waals surface area contributed by atoms with Crippen LogP contribution in [0.2, 0.25) is 0 Å². The maximum absolute atomic E-state index is 11.9. The second-order valence-corrected chi connectivity index (χ2v) is 4.65. The lowest BCUT2D eigenvalue weighted by Gasteiger charge is -2.09. The summed E-state index contributed by atoms with van der Waals surface area (Å²) in [4.78, 5) is 18.3. The maximum atomic E-state index is 11.9. The van der Waals surface area contributed by atoms with Crippen LogP contribution >= 0.6 is 0 Å². The number of nitriles is 2. The summed E-state index contributed by atoms with van der Waals surface area (Å²) in [6.07, 6.45) is 3.35. The molecule has 2 aromatic heterocycles. The zero-order valence-electron chi connectivity index (χ0n) is 11.3. The molecule has 2 heterocycles. The van der Waals surface area contributed by atoms with Crippen molar-refractivity contribution >= 4 is 16.6 Å². The van der Waals surface area contributed by atoms with Crippen LogP contribution in [0.4, 0.5) is 5.82 Å². The van der Waals surface area contributed by atoms with Gasteiger partial charge in [-0.05, 0) is 23.1 Å². The van der Waals surface area contributed by atoms with Crippen LogP contribution in [0.15, 0.2) is 41.5 Å². The molecule has 1 aromatic carbocycles. The molecular formula is C16H9N5O. The minimum atomic E-state index is -0.611. The lowest BCUT2D eigenvalue weighted by atomic mass is 9.95. The van der Waals surface area contributed by atoms with Crippen molar-refractivity contribution in [2.45, 2.75) is 0 Å². The number of nitrogens with zero attached hydrogens (tertiary/aromatic N) is 3. The monoisotopic (exact) mass is 287 g/mol. The Labute approximate surface area is 125 Å². The van der Waals surface area contributed by atoms with Gasteiger partial charge in [0.1, 0.15) is 29.1 Å². The molecule has 22 heavy (non-hydrogen) atoms. The molecule has 3 aromatic rings. The number of fused-ring (bicyclic) bond motifs is 1. The number of H-pyrrole nitrogens is 1. The Balaban J connectivity index is 2.42. The highest BCUT2D eigenvalue weighted by Crippen LogP contribution is 2.30. The summed E-state index contributed by atoms with van der Waals surface area (Å²) in [5.74, 6) is -0.0483. The highest BCUT2D eigenvalue weighted by atomic mass is 16.1. The van der Waals surface area contributed by atoms with Crippen molar-refractivity contribution in [3.63, 3.8) is 0 Å². The van der Waals surface area contributed by atoms with E-state index in [1.165, 1.54) is 0 Å². The Hall–Kier alpha value is -3.64. The minimum absolute atomic E-state index is 0.0483. The number of nitrogens with two attached hydrogens (primary N) is 1. The third-order valence-corrected chi connectivity index (χ3v) is 3.40. The molecule has 104 valence electrons. The first-order valence-electron chi connectivity index (χ1n) is 6.36. The number of aromatic amines is 1. The van der Waals surface area contributed by atoms with Gasteiger partial charge in [-0.2, -0.15) is 10.5 Å². The van der Waals surface area contributed by atoms with E-state index >= 15 is 0 Å². The Morgan fingerprint density at radius 2 is 1.86 bits per heavy atom. The first-order valence-corrected chi connectivity index (χ1v) is 6.36. The molecular weight excluding hydrogens is 278 g/mol. The summed E-state index contributed by atoms with van der Waals surface area (Å²) >= 11 is 0. The second-order valence-electron chi connectivity index (χ2n) is 4.65. The summed E-state index contributed by atoms with van der Waals surface area (Å²) < 4.78 is 0. The van der Waals surface area contributed by atoms with E-state index in [0.29, 0.717) is 5.56 Å². The van der Waals surface area contributed by atoms with E-state index in [1.807, 2.05) is 24.3 Å². The molecule has 0 atom stereocenters. The third-order valence-electron chi connectivity index (χ3n) is 3.40. The average Bonchev–Trinajstić information content (AvgIpc) is 2.54. The molecule has 0 unspecified atom stereocenters. The molecule has 6 heteroatoms. The summed E-state index contributed by atoms with van der Waals surface area (Å²) in [6.45, 7) is 0. The van der Waals surface area contributed by atoms with Crippen molar-refractivity contribution in [2.75, 3.05) is 5.73 Å². The fourth-order valence-electron chi connectivity index (χ4n) is 2.37. The molecule has 0 radical (unpaired) electrons. The highest BCUT2D eigenvalue weighted by molar-refractivity contribution is 5.89. The van der Waals surface area contributed by atoms with E-state index in [9.17, 15) is 15.3 Å². The van der Waals surface area contributed by atoms with Gasteiger partial charge in [-0.15, -0.1) is 0 Å². The molecule has 0 bridgehead atoms. The normalized spacial score (nSPS) is 10.1. The smallest absolute Gasteiger partial charge is 0.268 e. The van der Waals surface area contributed by atoms with Crippen LogP contribution in [0.3, 0.4) is 0 Å². The number of hydrogen-bond donors (Lipinski definition) is 2. The van der Waals surface area contributed by atoms with Gasteiger partial charge in [0, 0.05) is 23.3 Å². The number of pyridine rings is 2. The van der Waals surface area contributed by atoms with Gasteiger partial charge >= 0.3 is 0 Å². The van der Waals surface area contributed by atoms with Crippen molar-refractivity contribution in [3.8, 4) is 23.3 Å². The van der Waals surface area contributed by atoms with E-state index in [-0.39, 0.29) is 22.5 Å². The van der Waals surface area contributed by atoms with E-state index in [2.05, 4.69) is 9.97 Å². The predicted molar refractivity (Wildman–Crippen MR) is 81.6 cm³/mol. The van der Waals surface area contributed by atoms with Gasteiger partial charge in [0.25, 0.3) is 5.56 Å². The van der Waals surface area contributed by atoms with E-state index in [0.717, 1.165) is 10.8 Å². The third kappa shape index (κ3) is 1.96. The number of rotatable bonds is 1. The van der Waals surface area contributed by atoms with Crippen molar-refractivity contribution in [1.29, 1.82) is 10.5 Å². The topological polar surface area (TPSA) is 119 Å². The number of anilines is 1. The van der Waals surface area contributed by atoms with Gasteiger partial charge < -0.3 is 10.7 Å². The molecule has 0 saturated heterocycles. The van der Waals surface area contributed by atoms with Crippen molar-refractivity contribution in [1.82, 2.24) is 9.97 Å². The molecule has 6 nitrogen and oxygen atoms in total. The molecule has 3 rings (SSSR count). The predicted octanol–water partition coefficient (Wildman–Crippen LogP) is 1.92. The maximum Gasteiger partial charge on any atom is 0.268 e. The van der Waals surface area contributed by atoms with Gasteiger partial charge in [0.05, 0.1) is 0 Å². The Morgan fingerprint density at radius 3 is 2.59 bits per heavy atom. The zero-order chi connectivity index (χ0) is 15.7. The van der Waals surface area contributed by atoms with Crippen LogP contribution in [0.1, 0.15) is 11.1 Å². The lowest BCUT2D eigenvalue weighted by Crippen LogP contribution is -2.16. The van der Waals surface area contributed by atoms with Gasteiger partial charge in [-0.25, -0.2) is 0 Å². The van der Waals surface area contributed by atoms with Crippen LogP contribution in [0, 0.1) is 22.7 Å². The van der Waals surface area contributed by atoms with Crippen molar-refractivity contribution in [3.05, 3.63) is 58.1 Å². The van der Waals surface area contributed by atoms with Gasteiger partial charge in [0.2, 0.25) is 0 Å². The Bertz CT molecular complexity index is 1040. The molecule has 0 saturated carbocycles. The molecule has 0 amide bonds. The molecule has 0 aliphatic carbocycles. The Kier molecular flexibility index (Phi) is 3.06. The molecule has 0 aliphatic rings. The minimum Gasteiger partial charge on any atom is -0.384 e. The summed E-state index contributed by atoms with van der Waals surface area (Å²) in [5, 5.41) is 20.4. The van der Waals surface area contributed by atoms with Gasteiger partial charge in [-0.1, -0.05) is 12.1 Å². The van der Waals surface area contributed by atoms with Crippen LogP contribution in [-0.4, -0.2) is 9.97 Å².